The lowest BCUT2D eigenvalue weighted by Gasteiger charge is -2.54. The van der Waals surface area contributed by atoms with Crippen LogP contribution in [0.3, 0.4) is 0 Å². The van der Waals surface area contributed by atoms with Crippen LogP contribution >= 0.6 is 0 Å². The first-order valence-corrected chi connectivity index (χ1v) is 10.8. The van der Waals surface area contributed by atoms with Crippen LogP contribution in [0.2, 0.25) is 0 Å². The summed E-state index contributed by atoms with van der Waals surface area (Å²) in [6.07, 6.45) is 3.46. The Balaban J connectivity index is 1.60. The van der Waals surface area contributed by atoms with Crippen LogP contribution in [-0.4, -0.2) is 37.2 Å². The van der Waals surface area contributed by atoms with Gasteiger partial charge in [0.05, 0.1) is 32.0 Å². The number of esters is 1. The lowest BCUT2D eigenvalue weighted by Crippen LogP contribution is -2.52. The van der Waals surface area contributed by atoms with E-state index >= 15 is 0 Å². The van der Waals surface area contributed by atoms with Gasteiger partial charge in [0.1, 0.15) is 0 Å². The molecule has 1 spiro atoms. The second kappa shape index (κ2) is 7.49. The fourth-order valence-electron chi connectivity index (χ4n) is 5.93. The smallest absolute Gasteiger partial charge is 0.337 e. The lowest BCUT2D eigenvalue weighted by molar-refractivity contribution is -0.203. The summed E-state index contributed by atoms with van der Waals surface area (Å²) in [5, 5.41) is 11.1. The Morgan fingerprint density at radius 3 is 2.63 bits per heavy atom. The van der Waals surface area contributed by atoms with Crippen LogP contribution < -0.4 is 0 Å². The molecule has 5 nitrogen and oxygen atoms in total. The van der Waals surface area contributed by atoms with E-state index in [9.17, 15) is 9.90 Å². The summed E-state index contributed by atoms with van der Waals surface area (Å²) >= 11 is 0. The topological polar surface area (TPSA) is 65.0 Å². The molecule has 0 amide bonds. The Kier molecular flexibility index (Phi) is 4.92. The summed E-state index contributed by atoms with van der Waals surface area (Å²) in [6, 6.07) is 16.2. The Hall–Kier alpha value is -2.21. The van der Waals surface area contributed by atoms with E-state index in [0.29, 0.717) is 25.2 Å². The van der Waals surface area contributed by atoms with Crippen LogP contribution in [0.5, 0.6) is 0 Å². The van der Waals surface area contributed by atoms with E-state index < -0.39 is 11.9 Å². The van der Waals surface area contributed by atoms with Crippen molar-refractivity contribution >= 4 is 5.97 Å². The minimum Gasteiger partial charge on any atom is -0.465 e. The normalized spacial score (nSPS) is 29.3. The Bertz CT molecular complexity index is 934. The zero-order chi connectivity index (χ0) is 20.8. The second-order valence-corrected chi connectivity index (χ2v) is 8.87. The van der Waals surface area contributed by atoms with Crippen LogP contribution in [0, 0.1) is 5.92 Å². The van der Waals surface area contributed by atoms with E-state index in [-0.39, 0.29) is 17.3 Å². The summed E-state index contributed by atoms with van der Waals surface area (Å²) < 4.78 is 17.0. The molecule has 5 heteroatoms. The Labute approximate surface area is 177 Å². The molecule has 158 valence electrons. The third-order valence-corrected chi connectivity index (χ3v) is 7.34. The molecule has 1 aliphatic heterocycles. The van der Waals surface area contributed by atoms with Gasteiger partial charge >= 0.3 is 5.97 Å². The van der Waals surface area contributed by atoms with Gasteiger partial charge in [0.25, 0.3) is 0 Å². The first-order valence-electron chi connectivity index (χ1n) is 10.8. The van der Waals surface area contributed by atoms with Crippen molar-refractivity contribution in [2.45, 2.75) is 49.4 Å². The Morgan fingerprint density at radius 2 is 1.90 bits per heavy atom. The molecule has 2 fully saturated rings. The third kappa shape index (κ3) is 3.16. The highest BCUT2D eigenvalue weighted by Gasteiger charge is 2.55. The molecular weight excluding hydrogens is 380 g/mol. The quantitative estimate of drug-likeness (QED) is 0.780. The van der Waals surface area contributed by atoms with Gasteiger partial charge in [0, 0.05) is 18.3 Å². The molecule has 3 aliphatic rings. The zero-order valence-corrected chi connectivity index (χ0v) is 17.3. The lowest BCUT2D eigenvalue weighted by atomic mass is 9.53. The van der Waals surface area contributed by atoms with Crippen molar-refractivity contribution in [1.82, 2.24) is 0 Å². The standard InChI is InChI=1S/C25H28O5/c1-28-23(27)18-7-8-21-20(13-18)22(26)14-19-16-25(29-11-12-30-25)10-9-24(19,21)15-17-5-3-2-4-6-17/h2-8,13,19,22,26H,9-12,14-16H2,1H3/t19-,22?,24-/m0/s1. The van der Waals surface area contributed by atoms with Crippen molar-refractivity contribution in [3.8, 4) is 0 Å². The number of fused-ring (bicyclic) bond motifs is 3. The maximum absolute atomic E-state index is 12.1. The minimum absolute atomic E-state index is 0.120. The van der Waals surface area contributed by atoms with Crippen LogP contribution in [0.1, 0.15) is 58.8 Å². The number of ether oxygens (including phenoxy) is 3. The van der Waals surface area contributed by atoms with Gasteiger partial charge in [-0.1, -0.05) is 36.4 Å². The van der Waals surface area contributed by atoms with E-state index in [1.807, 2.05) is 24.3 Å². The molecule has 0 bridgehead atoms. The molecule has 1 saturated carbocycles. The van der Waals surface area contributed by atoms with Gasteiger partial charge in [0.2, 0.25) is 0 Å². The predicted molar refractivity (Wildman–Crippen MR) is 111 cm³/mol. The third-order valence-electron chi connectivity index (χ3n) is 7.34. The molecule has 2 aromatic rings. The zero-order valence-electron chi connectivity index (χ0n) is 17.3. The van der Waals surface area contributed by atoms with Gasteiger partial charge in [0.15, 0.2) is 5.79 Å². The highest BCUT2D eigenvalue weighted by atomic mass is 16.7. The highest BCUT2D eigenvalue weighted by molar-refractivity contribution is 5.89. The van der Waals surface area contributed by atoms with Gasteiger partial charge < -0.3 is 19.3 Å². The number of methoxy groups -OCH3 is 1. The molecule has 2 aromatic carbocycles. The van der Waals surface area contributed by atoms with Crippen LogP contribution in [-0.2, 0) is 26.0 Å². The first-order chi connectivity index (χ1) is 14.6. The van der Waals surface area contributed by atoms with Crippen LogP contribution in [0.25, 0.3) is 0 Å². The van der Waals surface area contributed by atoms with Crippen LogP contribution in [0.4, 0.5) is 0 Å². The molecule has 5 rings (SSSR count). The highest BCUT2D eigenvalue weighted by Crippen LogP contribution is 2.58. The van der Waals surface area contributed by atoms with Crippen LogP contribution in [0.15, 0.2) is 48.5 Å². The average Bonchev–Trinajstić information content (AvgIpc) is 3.23. The molecule has 1 saturated heterocycles. The van der Waals surface area contributed by atoms with Crippen molar-refractivity contribution < 1.29 is 24.1 Å². The summed E-state index contributed by atoms with van der Waals surface area (Å²) in [7, 11) is 1.38. The molecule has 3 atom stereocenters. The van der Waals surface area contributed by atoms with Gasteiger partial charge in [-0.2, -0.15) is 0 Å². The molecule has 2 aliphatic carbocycles. The fourth-order valence-corrected chi connectivity index (χ4v) is 5.93. The van der Waals surface area contributed by atoms with E-state index in [1.165, 1.54) is 12.7 Å². The SMILES string of the molecule is COC(=O)c1ccc2c(c1)C(O)C[C@H]1CC3(CC[C@@]21Cc1ccccc1)OCCO3. The molecule has 1 heterocycles. The van der Waals surface area contributed by atoms with E-state index in [1.54, 1.807) is 0 Å². The number of hydrogen-bond donors (Lipinski definition) is 1. The van der Waals surface area contributed by atoms with Crippen molar-refractivity contribution in [3.63, 3.8) is 0 Å². The fraction of sp³-hybridized carbons (Fsp3) is 0.480. The summed E-state index contributed by atoms with van der Waals surface area (Å²) in [5.74, 6) is -0.649. The van der Waals surface area contributed by atoms with Crippen molar-refractivity contribution in [1.29, 1.82) is 0 Å². The summed E-state index contributed by atoms with van der Waals surface area (Å²) in [5.41, 5.74) is 3.65. The van der Waals surface area contributed by atoms with E-state index in [0.717, 1.165) is 36.8 Å². The number of aliphatic hydroxyl groups is 1. The number of carbonyl (C=O) groups excluding carboxylic acids is 1. The maximum Gasteiger partial charge on any atom is 0.337 e. The van der Waals surface area contributed by atoms with Gasteiger partial charge in [-0.25, -0.2) is 4.79 Å². The number of hydrogen-bond acceptors (Lipinski definition) is 5. The molecule has 30 heavy (non-hydrogen) atoms. The largest absolute Gasteiger partial charge is 0.465 e. The second-order valence-electron chi connectivity index (χ2n) is 8.87. The molecule has 1 N–H and O–H groups in total. The molecular formula is C25H28O5. The minimum atomic E-state index is -0.616. The number of rotatable bonds is 3. The first kappa shape index (κ1) is 19.7. The van der Waals surface area contributed by atoms with Crippen molar-refractivity contribution in [2.75, 3.05) is 20.3 Å². The van der Waals surface area contributed by atoms with Crippen molar-refractivity contribution in [3.05, 3.63) is 70.8 Å². The van der Waals surface area contributed by atoms with Gasteiger partial charge in [-0.3, -0.25) is 0 Å². The maximum atomic E-state index is 12.1. The summed E-state index contributed by atoms with van der Waals surface area (Å²) in [4.78, 5) is 12.1. The van der Waals surface area contributed by atoms with E-state index in [4.69, 9.17) is 14.2 Å². The van der Waals surface area contributed by atoms with Crippen molar-refractivity contribution in [2.24, 2.45) is 5.92 Å². The number of carbonyl (C=O) groups is 1. The van der Waals surface area contributed by atoms with E-state index in [2.05, 4.69) is 24.3 Å². The number of aliphatic hydroxyl groups excluding tert-OH is 1. The monoisotopic (exact) mass is 408 g/mol. The molecule has 0 radical (unpaired) electrons. The van der Waals surface area contributed by atoms with Gasteiger partial charge in [-0.15, -0.1) is 0 Å². The van der Waals surface area contributed by atoms with Gasteiger partial charge in [-0.05, 0) is 54.0 Å². The Morgan fingerprint density at radius 1 is 1.13 bits per heavy atom. The molecule has 1 unspecified atom stereocenters. The molecule has 0 aromatic heterocycles. The number of benzene rings is 2. The average molecular weight is 408 g/mol. The summed E-state index contributed by atoms with van der Waals surface area (Å²) in [6.45, 7) is 1.28. The predicted octanol–water partition coefficient (Wildman–Crippen LogP) is 3.93.